The molecule has 2 atom stereocenters. The number of likely N-dealkylation sites (N-methyl/N-ethyl adjacent to an activating group) is 1. The van der Waals surface area contributed by atoms with Gasteiger partial charge in [0, 0.05) is 12.3 Å². The third kappa shape index (κ3) is 2.34. The van der Waals surface area contributed by atoms with Gasteiger partial charge < -0.3 is 0 Å². The van der Waals surface area contributed by atoms with Crippen LogP contribution in [0.4, 0.5) is 0 Å². The molecular weight excluding hydrogens is 170 g/mol. The molecule has 0 aliphatic carbocycles. The van der Waals surface area contributed by atoms with Gasteiger partial charge in [-0.25, -0.2) is 4.58 Å². The Morgan fingerprint density at radius 1 is 1.36 bits per heavy atom. The van der Waals surface area contributed by atoms with Crippen LogP contribution in [-0.4, -0.2) is 23.4 Å². The highest BCUT2D eigenvalue weighted by molar-refractivity contribution is 5.65. The largest absolute Gasteiger partial charge is 0.229 e. The molecule has 0 amide bonds. The van der Waals surface area contributed by atoms with E-state index in [0.717, 1.165) is 12.8 Å². The molecule has 0 saturated heterocycles. The second-order valence-corrected chi connectivity index (χ2v) is 3.85. The average Bonchev–Trinajstić information content (AvgIpc) is 2.20. The van der Waals surface area contributed by atoms with Crippen LogP contribution in [0.1, 0.15) is 33.6 Å². The Morgan fingerprint density at radius 2 is 1.93 bits per heavy atom. The van der Waals surface area contributed by atoms with Gasteiger partial charge in [-0.3, -0.25) is 0 Å². The van der Waals surface area contributed by atoms with Crippen LogP contribution in [-0.2, 0) is 0 Å². The molecule has 1 heteroatoms. The number of hydrogen-bond donors (Lipinski definition) is 0. The van der Waals surface area contributed by atoms with E-state index in [4.69, 9.17) is 0 Å². The molecule has 80 valence electrons. The summed E-state index contributed by atoms with van der Waals surface area (Å²) in [4.78, 5) is 0. The molecule has 0 aromatic heterocycles. The van der Waals surface area contributed by atoms with Gasteiger partial charge in [-0.15, -0.1) is 0 Å². The minimum atomic E-state index is 0.0724. The summed E-state index contributed by atoms with van der Waals surface area (Å²) in [6, 6.07) is 0. The van der Waals surface area contributed by atoms with Crippen LogP contribution in [0.3, 0.4) is 0 Å². The minimum Gasteiger partial charge on any atom is -0.229 e. The first-order valence-electron chi connectivity index (χ1n) is 5.41. The lowest BCUT2D eigenvalue weighted by atomic mass is 9.80. The third-order valence-corrected chi connectivity index (χ3v) is 3.37. The quantitative estimate of drug-likeness (QED) is 0.347. The van der Waals surface area contributed by atoms with Gasteiger partial charge in [-0.05, 0) is 18.6 Å². The molecule has 0 radical (unpaired) electrons. The summed E-state index contributed by atoms with van der Waals surface area (Å²) in [6.07, 6.45) is 8.16. The normalized spacial score (nSPS) is 18.4. The summed E-state index contributed by atoms with van der Waals surface area (Å²) in [5.41, 5.74) is 0.0724. The summed E-state index contributed by atoms with van der Waals surface area (Å²) < 4.78 is 2.22. The predicted octanol–water partition coefficient (Wildman–Crippen LogP) is 3.27. The molecule has 1 nitrogen and oxygen atoms in total. The molecule has 0 bridgehead atoms. The maximum atomic E-state index is 3.98. The summed E-state index contributed by atoms with van der Waals surface area (Å²) in [5.74, 6) is 0.603. The standard InChI is InChI=1S/C13H24N/c1-7-11-14(6)13(9-3,10-4)12(5)8-2/h7,9,11-12H,1,3,8,10H2,2,4-6H3/q+1/b14-11+. The van der Waals surface area contributed by atoms with Gasteiger partial charge in [-0.2, -0.15) is 0 Å². The summed E-state index contributed by atoms with van der Waals surface area (Å²) >= 11 is 0. The lowest BCUT2D eigenvalue weighted by Gasteiger charge is -2.30. The fourth-order valence-corrected chi connectivity index (χ4v) is 2.09. The molecular formula is C13H24N+. The smallest absolute Gasteiger partial charge is 0.182 e. The van der Waals surface area contributed by atoms with E-state index in [1.54, 1.807) is 0 Å². The Morgan fingerprint density at radius 3 is 2.21 bits per heavy atom. The molecule has 0 heterocycles. The number of rotatable bonds is 6. The Balaban J connectivity index is 5.15. The van der Waals surface area contributed by atoms with Gasteiger partial charge in [-0.1, -0.05) is 33.9 Å². The minimum absolute atomic E-state index is 0.0724. The van der Waals surface area contributed by atoms with Crippen molar-refractivity contribution in [3.63, 3.8) is 0 Å². The van der Waals surface area contributed by atoms with Crippen molar-refractivity contribution in [2.24, 2.45) is 5.92 Å². The number of allylic oxidation sites excluding steroid dienone is 1. The maximum Gasteiger partial charge on any atom is 0.182 e. The van der Waals surface area contributed by atoms with Gasteiger partial charge >= 0.3 is 0 Å². The van der Waals surface area contributed by atoms with Crippen molar-refractivity contribution in [2.75, 3.05) is 7.05 Å². The second-order valence-electron chi connectivity index (χ2n) is 3.85. The maximum absolute atomic E-state index is 3.98. The molecule has 0 N–H and O–H groups in total. The fourth-order valence-electron chi connectivity index (χ4n) is 2.09. The highest BCUT2D eigenvalue weighted by Crippen LogP contribution is 2.28. The summed E-state index contributed by atoms with van der Waals surface area (Å²) in [7, 11) is 2.10. The SMILES string of the molecule is C=C/C=[N+](\C)C(C=C)(CC)C(C)CC. The van der Waals surface area contributed by atoms with Crippen LogP contribution in [0.5, 0.6) is 0 Å². The lowest BCUT2D eigenvalue weighted by Crippen LogP contribution is -2.44. The molecule has 14 heavy (non-hydrogen) atoms. The molecule has 0 aliphatic rings. The second kappa shape index (κ2) is 5.79. The van der Waals surface area contributed by atoms with Crippen LogP contribution in [0.15, 0.2) is 25.3 Å². The molecule has 0 aliphatic heterocycles. The average molecular weight is 194 g/mol. The highest BCUT2D eigenvalue weighted by atomic mass is 15.1. The zero-order valence-electron chi connectivity index (χ0n) is 10.1. The van der Waals surface area contributed by atoms with Crippen LogP contribution in [0.2, 0.25) is 0 Å². The monoisotopic (exact) mass is 194 g/mol. The molecule has 0 rings (SSSR count). The van der Waals surface area contributed by atoms with Gasteiger partial charge in [0.05, 0.1) is 0 Å². The van der Waals surface area contributed by atoms with E-state index >= 15 is 0 Å². The molecule has 0 aromatic carbocycles. The van der Waals surface area contributed by atoms with Gasteiger partial charge in [0.25, 0.3) is 0 Å². The van der Waals surface area contributed by atoms with E-state index in [1.165, 1.54) is 0 Å². The van der Waals surface area contributed by atoms with Gasteiger partial charge in [0.15, 0.2) is 11.8 Å². The Hall–Kier alpha value is -0.850. The van der Waals surface area contributed by atoms with E-state index in [1.807, 2.05) is 12.3 Å². The van der Waals surface area contributed by atoms with Crippen molar-refractivity contribution < 1.29 is 4.58 Å². The van der Waals surface area contributed by atoms with Crippen molar-refractivity contribution in [3.8, 4) is 0 Å². The van der Waals surface area contributed by atoms with Gasteiger partial charge in [0.1, 0.15) is 7.05 Å². The lowest BCUT2D eigenvalue weighted by molar-refractivity contribution is -0.575. The van der Waals surface area contributed by atoms with Crippen molar-refractivity contribution >= 4 is 6.21 Å². The zero-order chi connectivity index (χ0) is 11.2. The molecule has 0 aromatic rings. The molecule has 0 spiro atoms. The van der Waals surface area contributed by atoms with Crippen LogP contribution < -0.4 is 0 Å². The molecule has 0 saturated carbocycles. The highest BCUT2D eigenvalue weighted by Gasteiger charge is 2.38. The number of hydrogen-bond acceptors (Lipinski definition) is 0. The summed E-state index contributed by atoms with van der Waals surface area (Å²) in [6.45, 7) is 14.4. The summed E-state index contributed by atoms with van der Waals surface area (Å²) in [5, 5.41) is 0. The van der Waals surface area contributed by atoms with E-state index < -0.39 is 0 Å². The van der Waals surface area contributed by atoms with Crippen molar-refractivity contribution in [2.45, 2.75) is 39.2 Å². The molecule has 0 fully saturated rings. The van der Waals surface area contributed by atoms with Crippen molar-refractivity contribution in [3.05, 3.63) is 25.3 Å². The first-order chi connectivity index (χ1) is 6.58. The fraction of sp³-hybridized carbons (Fsp3) is 0.615. The van der Waals surface area contributed by atoms with Crippen molar-refractivity contribution in [1.29, 1.82) is 0 Å². The Labute approximate surface area is 88.8 Å². The van der Waals surface area contributed by atoms with E-state index in [0.29, 0.717) is 5.92 Å². The first-order valence-corrected chi connectivity index (χ1v) is 5.41. The zero-order valence-corrected chi connectivity index (χ0v) is 10.1. The van der Waals surface area contributed by atoms with Crippen LogP contribution in [0, 0.1) is 5.92 Å². The topological polar surface area (TPSA) is 3.01 Å². The van der Waals surface area contributed by atoms with E-state index in [2.05, 4.69) is 51.6 Å². The van der Waals surface area contributed by atoms with E-state index in [9.17, 15) is 0 Å². The first kappa shape index (κ1) is 13.2. The third-order valence-electron chi connectivity index (χ3n) is 3.37. The van der Waals surface area contributed by atoms with E-state index in [-0.39, 0.29) is 5.54 Å². The number of nitrogens with zero attached hydrogens (tertiary/aromatic N) is 1. The Kier molecular flexibility index (Phi) is 5.44. The predicted molar refractivity (Wildman–Crippen MR) is 65.1 cm³/mol. The van der Waals surface area contributed by atoms with Gasteiger partial charge in [0.2, 0.25) is 0 Å². The molecule has 2 unspecified atom stereocenters. The van der Waals surface area contributed by atoms with Crippen LogP contribution >= 0.6 is 0 Å². The van der Waals surface area contributed by atoms with Crippen molar-refractivity contribution in [1.82, 2.24) is 0 Å². The Bertz CT molecular complexity index is 227. The van der Waals surface area contributed by atoms with Crippen LogP contribution in [0.25, 0.3) is 0 Å².